The molecule has 0 radical (unpaired) electrons. The van der Waals surface area contributed by atoms with Crippen LogP contribution >= 0.6 is 0 Å². The molecule has 0 fully saturated rings. The van der Waals surface area contributed by atoms with Gasteiger partial charge in [0.05, 0.1) is 7.11 Å². The van der Waals surface area contributed by atoms with Crippen molar-refractivity contribution in [3.63, 3.8) is 0 Å². The molecule has 21 heavy (non-hydrogen) atoms. The van der Waals surface area contributed by atoms with Crippen molar-refractivity contribution >= 4 is 5.97 Å². The normalized spacial score (nSPS) is 9.90. The number of H-pyrrole nitrogens is 1. The first kappa shape index (κ1) is 19.4. The number of esters is 1. The van der Waals surface area contributed by atoms with Crippen LogP contribution in [0.3, 0.4) is 0 Å². The van der Waals surface area contributed by atoms with Gasteiger partial charge in [-0.2, -0.15) is 0 Å². The monoisotopic (exact) mass is 300 g/mol. The van der Waals surface area contributed by atoms with Crippen LogP contribution in [0.1, 0.15) is 62.9 Å². The highest BCUT2D eigenvalue weighted by Gasteiger charge is 2.16. The summed E-state index contributed by atoms with van der Waals surface area (Å²) in [5, 5.41) is 6.12. The Morgan fingerprint density at radius 3 is 2.33 bits per heavy atom. The predicted octanol–water partition coefficient (Wildman–Crippen LogP) is 1.68. The summed E-state index contributed by atoms with van der Waals surface area (Å²) in [5.74, 6) is -0.703. The highest BCUT2D eigenvalue weighted by atomic mass is 16.5. The molecule has 0 saturated heterocycles. The second-order valence-corrected chi connectivity index (χ2v) is 4.71. The number of nitrogens with one attached hydrogen (secondary N) is 1. The first-order chi connectivity index (χ1) is 10.1. The van der Waals surface area contributed by atoms with Crippen LogP contribution in [0.15, 0.2) is 4.79 Å². The fourth-order valence-electron chi connectivity index (χ4n) is 1.63. The minimum absolute atomic E-state index is 0.186. The van der Waals surface area contributed by atoms with Crippen molar-refractivity contribution in [2.24, 2.45) is 5.73 Å². The summed E-state index contributed by atoms with van der Waals surface area (Å²) in [6.07, 6.45) is 6.76. The zero-order valence-corrected chi connectivity index (χ0v) is 13.4. The fraction of sp³-hybridized carbons (Fsp3) is 0.786. The number of unbranched alkanes of at least 4 members (excludes halogenated alkanes) is 4. The van der Waals surface area contributed by atoms with Crippen LogP contribution in [0.5, 0.6) is 0 Å². The van der Waals surface area contributed by atoms with Crippen LogP contribution in [-0.2, 0) is 11.3 Å². The van der Waals surface area contributed by atoms with Gasteiger partial charge in [0.15, 0.2) is 0 Å². The third kappa shape index (κ3) is 7.65. The summed E-state index contributed by atoms with van der Waals surface area (Å²) in [7, 11) is 1.22. The average molecular weight is 300 g/mol. The van der Waals surface area contributed by atoms with Gasteiger partial charge in [0, 0.05) is 6.54 Å². The molecule has 0 aliphatic rings. The van der Waals surface area contributed by atoms with E-state index in [1.54, 1.807) is 0 Å². The lowest BCUT2D eigenvalue weighted by atomic mass is 10.2. The maximum Gasteiger partial charge on any atom is 0.364 e. The number of hydrogen-bond acceptors (Lipinski definition) is 5. The summed E-state index contributed by atoms with van der Waals surface area (Å²) in [6, 6.07) is 0. The number of aromatic nitrogens is 3. The van der Waals surface area contributed by atoms with Gasteiger partial charge in [-0.05, 0) is 19.4 Å². The number of aromatic amines is 1. The Morgan fingerprint density at radius 2 is 1.86 bits per heavy atom. The van der Waals surface area contributed by atoms with E-state index < -0.39 is 11.5 Å². The molecular weight excluding hydrogens is 272 g/mol. The summed E-state index contributed by atoms with van der Waals surface area (Å²) in [4.78, 5) is 22.6. The standard InChI is InChI=1S/C9H15N3O3.C5H13N/c1-3-4-5-6-12-8(13)7(10-11-12)9(14)15-2;1-2-3-4-5-6/h11H,3-6H2,1-2H3;2-6H2,1H3. The summed E-state index contributed by atoms with van der Waals surface area (Å²) in [6.45, 7) is 5.66. The molecule has 1 heterocycles. The van der Waals surface area contributed by atoms with Gasteiger partial charge in [0.1, 0.15) is 0 Å². The number of carbonyl (C=O) groups is 1. The van der Waals surface area contributed by atoms with Crippen LogP contribution in [0, 0.1) is 0 Å². The second-order valence-electron chi connectivity index (χ2n) is 4.71. The van der Waals surface area contributed by atoms with Gasteiger partial charge in [-0.1, -0.05) is 39.5 Å². The molecule has 0 bridgehead atoms. The van der Waals surface area contributed by atoms with Gasteiger partial charge < -0.3 is 10.5 Å². The first-order valence-corrected chi connectivity index (χ1v) is 7.55. The molecule has 1 rings (SSSR count). The molecule has 1 aromatic rings. The summed E-state index contributed by atoms with van der Waals surface area (Å²) >= 11 is 0. The zero-order chi connectivity index (χ0) is 16.1. The van der Waals surface area contributed by atoms with Crippen LogP contribution < -0.4 is 11.3 Å². The molecule has 122 valence electrons. The van der Waals surface area contributed by atoms with Crippen LogP contribution in [0.2, 0.25) is 0 Å². The Labute approximate surface area is 125 Å². The molecule has 0 unspecified atom stereocenters. The molecule has 0 aromatic carbocycles. The number of hydrogen-bond donors (Lipinski definition) is 2. The number of rotatable bonds is 8. The van der Waals surface area contributed by atoms with E-state index in [0.29, 0.717) is 6.54 Å². The molecule has 0 atom stereocenters. The molecule has 7 nitrogen and oxygen atoms in total. The van der Waals surface area contributed by atoms with Crippen LogP contribution in [0.25, 0.3) is 0 Å². The SMILES string of the molecule is CCCCCN.CCCCCn1[nH]nc(C(=O)OC)c1=O. The highest BCUT2D eigenvalue weighted by molar-refractivity contribution is 5.86. The van der Waals surface area contributed by atoms with Crippen molar-refractivity contribution in [2.45, 2.75) is 58.9 Å². The Bertz CT molecular complexity index is 436. The Balaban J connectivity index is 0.000000567. The van der Waals surface area contributed by atoms with Crippen LogP contribution in [-0.4, -0.2) is 34.6 Å². The number of aryl methyl sites for hydroxylation is 1. The van der Waals surface area contributed by atoms with E-state index >= 15 is 0 Å². The quantitative estimate of drug-likeness (QED) is 0.561. The largest absolute Gasteiger partial charge is 0.464 e. The number of carbonyl (C=O) groups excluding carboxylic acids is 1. The topological polar surface area (TPSA) is 103 Å². The molecule has 0 amide bonds. The van der Waals surface area contributed by atoms with Crippen LogP contribution in [0.4, 0.5) is 0 Å². The van der Waals surface area contributed by atoms with Crippen molar-refractivity contribution in [1.29, 1.82) is 0 Å². The number of methoxy groups -OCH3 is 1. The van der Waals surface area contributed by atoms with Gasteiger partial charge in [0.2, 0.25) is 5.69 Å². The second kappa shape index (κ2) is 12.1. The summed E-state index contributed by atoms with van der Waals surface area (Å²) in [5.41, 5.74) is 4.61. The van der Waals surface area contributed by atoms with E-state index in [-0.39, 0.29) is 5.69 Å². The molecule has 0 spiro atoms. The molecule has 0 aliphatic heterocycles. The van der Waals surface area contributed by atoms with E-state index in [9.17, 15) is 9.59 Å². The van der Waals surface area contributed by atoms with Crippen molar-refractivity contribution in [1.82, 2.24) is 15.0 Å². The van der Waals surface area contributed by atoms with Gasteiger partial charge in [-0.25, -0.2) is 14.7 Å². The van der Waals surface area contributed by atoms with Crippen molar-refractivity contribution in [3.8, 4) is 0 Å². The maximum atomic E-state index is 11.5. The number of nitrogens with two attached hydrogens (primary N) is 1. The third-order valence-corrected chi connectivity index (χ3v) is 2.90. The van der Waals surface area contributed by atoms with E-state index in [1.807, 2.05) is 0 Å². The molecule has 0 aliphatic carbocycles. The Kier molecular flexibility index (Phi) is 11.2. The maximum absolute atomic E-state index is 11.5. The van der Waals surface area contributed by atoms with Gasteiger partial charge in [0.25, 0.3) is 0 Å². The lowest BCUT2D eigenvalue weighted by Crippen LogP contribution is -2.22. The summed E-state index contributed by atoms with van der Waals surface area (Å²) < 4.78 is 5.74. The van der Waals surface area contributed by atoms with Crippen molar-refractivity contribution < 1.29 is 9.53 Å². The first-order valence-electron chi connectivity index (χ1n) is 7.55. The Morgan fingerprint density at radius 1 is 1.24 bits per heavy atom. The minimum Gasteiger partial charge on any atom is -0.464 e. The Hall–Kier alpha value is -1.63. The van der Waals surface area contributed by atoms with E-state index in [2.05, 4.69) is 28.9 Å². The predicted molar refractivity (Wildman–Crippen MR) is 82.3 cm³/mol. The minimum atomic E-state index is -0.703. The van der Waals surface area contributed by atoms with E-state index in [0.717, 1.165) is 25.8 Å². The highest BCUT2D eigenvalue weighted by Crippen LogP contribution is 1.96. The van der Waals surface area contributed by atoms with Crippen molar-refractivity contribution in [2.75, 3.05) is 13.7 Å². The molecule has 3 N–H and O–H groups in total. The lowest BCUT2D eigenvalue weighted by Gasteiger charge is -1.97. The van der Waals surface area contributed by atoms with E-state index in [4.69, 9.17) is 5.73 Å². The third-order valence-electron chi connectivity index (χ3n) is 2.90. The smallest absolute Gasteiger partial charge is 0.364 e. The lowest BCUT2D eigenvalue weighted by molar-refractivity contribution is 0.0592. The average Bonchev–Trinajstić information content (AvgIpc) is 2.86. The van der Waals surface area contributed by atoms with Gasteiger partial charge >= 0.3 is 11.5 Å². The van der Waals surface area contributed by atoms with Gasteiger partial charge in [-0.15, -0.1) is 5.10 Å². The fourth-order valence-corrected chi connectivity index (χ4v) is 1.63. The van der Waals surface area contributed by atoms with Gasteiger partial charge in [-0.3, -0.25) is 4.79 Å². The number of nitrogens with zero attached hydrogens (tertiary/aromatic N) is 2. The van der Waals surface area contributed by atoms with E-state index in [1.165, 1.54) is 31.1 Å². The van der Waals surface area contributed by atoms with Crippen molar-refractivity contribution in [3.05, 3.63) is 16.0 Å². The zero-order valence-electron chi connectivity index (χ0n) is 13.4. The number of ether oxygens (including phenoxy) is 1. The molecule has 1 aromatic heterocycles. The molecule has 0 saturated carbocycles. The molecule has 7 heteroatoms. The molecular formula is C14H28N4O3.